The van der Waals surface area contributed by atoms with E-state index in [0.29, 0.717) is 16.7 Å². The number of hydrazine groups is 1. The monoisotopic (exact) mass is 327 g/mol. The fraction of sp³-hybridized carbons (Fsp3) is 0.0625. The molecular formula is C16H13N3O3S. The highest BCUT2D eigenvalue weighted by atomic mass is 32.1. The van der Waals surface area contributed by atoms with Gasteiger partial charge in [-0.3, -0.25) is 5.43 Å². The molecule has 116 valence electrons. The zero-order valence-corrected chi connectivity index (χ0v) is 12.9. The van der Waals surface area contributed by atoms with Gasteiger partial charge in [0.2, 0.25) is 5.89 Å². The van der Waals surface area contributed by atoms with Crippen LogP contribution in [0.1, 0.15) is 0 Å². The minimum absolute atomic E-state index is 0.225. The average Bonchev–Trinajstić information content (AvgIpc) is 3.19. The number of hydroxylamine groups is 1. The maximum atomic E-state index is 5.74. The lowest BCUT2D eigenvalue weighted by atomic mass is 10.2. The Morgan fingerprint density at radius 2 is 1.96 bits per heavy atom. The molecule has 0 unspecified atom stereocenters. The van der Waals surface area contributed by atoms with Crippen LogP contribution in [0.25, 0.3) is 22.6 Å². The van der Waals surface area contributed by atoms with Gasteiger partial charge in [0.1, 0.15) is 11.3 Å². The van der Waals surface area contributed by atoms with Crippen molar-refractivity contribution in [2.75, 3.05) is 6.73 Å². The fourth-order valence-electron chi connectivity index (χ4n) is 2.18. The summed E-state index contributed by atoms with van der Waals surface area (Å²) in [5.74, 6) is 1.30. The van der Waals surface area contributed by atoms with Crippen molar-refractivity contribution in [2.24, 2.45) is 0 Å². The van der Waals surface area contributed by atoms with Crippen LogP contribution in [0.15, 0.2) is 64.2 Å². The van der Waals surface area contributed by atoms with Gasteiger partial charge in [-0.1, -0.05) is 12.1 Å². The summed E-state index contributed by atoms with van der Waals surface area (Å²) in [6.45, 7) is 0.225. The molecule has 0 bridgehead atoms. The molecule has 1 N–H and O–H groups in total. The molecule has 1 aromatic heterocycles. The van der Waals surface area contributed by atoms with Gasteiger partial charge in [0.05, 0.1) is 6.20 Å². The van der Waals surface area contributed by atoms with Crippen LogP contribution in [0.4, 0.5) is 0 Å². The highest BCUT2D eigenvalue weighted by Crippen LogP contribution is 2.25. The van der Waals surface area contributed by atoms with Crippen molar-refractivity contribution in [3.05, 3.63) is 59.8 Å². The van der Waals surface area contributed by atoms with E-state index in [-0.39, 0.29) is 6.73 Å². The third kappa shape index (κ3) is 2.96. The molecule has 2 heterocycles. The molecule has 0 saturated heterocycles. The van der Waals surface area contributed by atoms with Gasteiger partial charge in [0, 0.05) is 5.56 Å². The first kappa shape index (κ1) is 14.0. The van der Waals surface area contributed by atoms with Gasteiger partial charge in [0.15, 0.2) is 17.4 Å². The number of benzene rings is 2. The highest BCUT2D eigenvalue weighted by Gasteiger charge is 2.13. The molecule has 0 atom stereocenters. The van der Waals surface area contributed by atoms with Gasteiger partial charge in [0.25, 0.3) is 0 Å². The van der Waals surface area contributed by atoms with Gasteiger partial charge in [-0.05, 0) is 41.6 Å². The number of nitrogens with zero attached hydrogens (tertiary/aromatic N) is 2. The maximum Gasteiger partial charge on any atom is 0.227 e. The molecule has 0 spiro atoms. The van der Waals surface area contributed by atoms with E-state index in [2.05, 4.69) is 23.0 Å². The summed E-state index contributed by atoms with van der Waals surface area (Å²) in [6.07, 6.45) is 1.63. The first-order chi connectivity index (χ1) is 11.3. The quantitative estimate of drug-likeness (QED) is 0.717. The molecule has 4 rings (SSSR count). The summed E-state index contributed by atoms with van der Waals surface area (Å²) >= 11 is 4.07. The predicted octanol–water partition coefficient (Wildman–Crippen LogP) is 3.31. The second kappa shape index (κ2) is 5.86. The van der Waals surface area contributed by atoms with Gasteiger partial charge in [-0.2, -0.15) is 0 Å². The van der Waals surface area contributed by atoms with E-state index >= 15 is 0 Å². The molecular weight excluding hydrogens is 314 g/mol. The number of oxazole rings is 1. The van der Waals surface area contributed by atoms with E-state index in [1.165, 1.54) is 5.17 Å². The molecule has 0 radical (unpaired) electrons. The number of thiol groups is 1. The van der Waals surface area contributed by atoms with Crippen LogP contribution in [0.3, 0.4) is 0 Å². The van der Waals surface area contributed by atoms with Crippen LogP contribution in [-0.2, 0) is 4.84 Å². The first-order valence-electron chi connectivity index (χ1n) is 6.97. The van der Waals surface area contributed by atoms with E-state index in [1.807, 2.05) is 48.5 Å². The molecule has 1 aliphatic heterocycles. The van der Waals surface area contributed by atoms with E-state index in [4.69, 9.17) is 14.0 Å². The summed E-state index contributed by atoms with van der Waals surface area (Å²) in [5.41, 5.74) is 5.36. The second-order valence-electron chi connectivity index (χ2n) is 4.87. The Hall–Kier alpha value is -2.64. The number of hydrogen-bond donors (Lipinski definition) is 2. The third-order valence-corrected chi connectivity index (χ3v) is 3.49. The van der Waals surface area contributed by atoms with Gasteiger partial charge < -0.3 is 14.0 Å². The first-order valence-corrected chi connectivity index (χ1v) is 7.42. The normalized spacial score (nSPS) is 14.4. The topological polar surface area (TPSA) is 59.8 Å². The summed E-state index contributed by atoms with van der Waals surface area (Å²) in [6, 6.07) is 15.2. The second-order valence-corrected chi connectivity index (χ2v) is 5.31. The molecule has 3 aromatic rings. The SMILES string of the molecule is SC1=CNN(COc2ccc(-c3nc4ccccc4o3)cc2)O1. The van der Waals surface area contributed by atoms with E-state index in [9.17, 15) is 0 Å². The average molecular weight is 327 g/mol. The van der Waals surface area contributed by atoms with Crippen molar-refractivity contribution in [3.8, 4) is 17.2 Å². The molecule has 2 aromatic carbocycles. The van der Waals surface area contributed by atoms with Crippen LogP contribution in [0.5, 0.6) is 5.75 Å². The standard InChI is InChI=1S/C16H13N3O3S/c23-15-9-17-19(22-15)10-20-12-7-5-11(6-8-12)16-18-13-3-1-2-4-14(13)21-16/h1-9,17,23H,10H2. The lowest BCUT2D eigenvalue weighted by molar-refractivity contribution is -0.156. The number of rotatable bonds is 4. The smallest absolute Gasteiger partial charge is 0.227 e. The summed E-state index contributed by atoms with van der Waals surface area (Å²) in [5, 5.41) is 1.91. The molecule has 0 aliphatic carbocycles. The largest absolute Gasteiger partial charge is 0.473 e. The minimum atomic E-state index is 0.225. The summed E-state index contributed by atoms with van der Waals surface area (Å²) in [4.78, 5) is 9.68. The molecule has 6 nitrogen and oxygen atoms in total. The fourth-order valence-corrected chi connectivity index (χ4v) is 2.34. The van der Waals surface area contributed by atoms with E-state index in [1.54, 1.807) is 6.20 Å². The maximum absolute atomic E-state index is 5.74. The Labute approximate surface area is 137 Å². The minimum Gasteiger partial charge on any atom is -0.473 e. The van der Waals surface area contributed by atoms with Gasteiger partial charge in [-0.15, -0.1) is 12.6 Å². The summed E-state index contributed by atoms with van der Waals surface area (Å²) < 4.78 is 11.3. The van der Waals surface area contributed by atoms with Crippen molar-refractivity contribution in [3.63, 3.8) is 0 Å². The van der Waals surface area contributed by atoms with E-state index < -0.39 is 0 Å². The molecule has 7 heteroatoms. The van der Waals surface area contributed by atoms with Crippen LogP contribution >= 0.6 is 12.6 Å². The van der Waals surface area contributed by atoms with Crippen LogP contribution in [-0.4, -0.2) is 16.9 Å². The molecule has 0 saturated carbocycles. The van der Waals surface area contributed by atoms with Gasteiger partial charge >= 0.3 is 0 Å². The number of fused-ring (bicyclic) bond motifs is 1. The van der Waals surface area contributed by atoms with Crippen molar-refractivity contribution in [1.29, 1.82) is 0 Å². The number of hydrogen-bond acceptors (Lipinski definition) is 7. The number of ether oxygens (including phenoxy) is 1. The Balaban J connectivity index is 1.45. The molecule has 0 fully saturated rings. The molecule has 23 heavy (non-hydrogen) atoms. The third-order valence-electron chi connectivity index (χ3n) is 3.28. The van der Waals surface area contributed by atoms with Crippen molar-refractivity contribution in [1.82, 2.24) is 15.6 Å². The Morgan fingerprint density at radius 1 is 1.13 bits per heavy atom. The van der Waals surface area contributed by atoms with Gasteiger partial charge in [-0.25, -0.2) is 4.98 Å². The number of nitrogens with one attached hydrogen (secondary N) is 1. The van der Waals surface area contributed by atoms with E-state index in [0.717, 1.165) is 16.7 Å². The zero-order valence-electron chi connectivity index (χ0n) is 12.0. The lowest BCUT2D eigenvalue weighted by Gasteiger charge is -2.15. The Kier molecular flexibility index (Phi) is 3.57. The molecule has 1 aliphatic rings. The van der Waals surface area contributed by atoms with Crippen molar-refractivity contribution < 1.29 is 14.0 Å². The summed E-state index contributed by atoms with van der Waals surface area (Å²) in [7, 11) is 0. The van der Waals surface area contributed by atoms with Crippen molar-refractivity contribution >= 4 is 23.7 Å². The van der Waals surface area contributed by atoms with Crippen LogP contribution in [0, 0.1) is 0 Å². The zero-order chi connectivity index (χ0) is 15.6. The predicted molar refractivity (Wildman–Crippen MR) is 88.1 cm³/mol. The highest BCUT2D eigenvalue weighted by molar-refractivity contribution is 7.84. The Bertz CT molecular complexity index is 827. The number of aromatic nitrogens is 1. The Morgan fingerprint density at radius 3 is 2.70 bits per heavy atom. The van der Waals surface area contributed by atoms with Crippen molar-refractivity contribution in [2.45, 2.75) is 0 Å². The van der Waals surface area contributed by atoms with Crippen LogP contribution < -0.4 is 10.2 Å². The lowest BCUT2D eigenvalue weighted by Crippen LogP contribution is -2.32. The number of para-hydroxylation sites is 2. The van der Waals surface area contributed by atoms with Crippen LogP contribution in [0.2, 0.25) is 0 Å². The molecule has 0 amide bonds.